The summed E-state index contributed by atoms with van der Waals surface area (Å²) < 4.78 is 0. The number of nitrogens with one attached hydrogen (secondary N) is 3. The Morgan fingerprint density at radius 1 is 1.56 bits per heavy atom. The van der Waals surface area contributed by atoms with Crippen LogP contribution < -0.4 is 5.32 Å². The first-order valence-electron chi connectivity index (χ1n) is 5.56. The van der Waals surface area contributed by atoms with E-state index in [1.54, 1.807) is 19.1 Å². The molecule has 0 aliphatic heterocycles. The minimum Gasteiger partial charge on any atom is -0.308 e. The van der Waals surface area contributed by atoms with Gasteiger partial charge in [0.1, 0.15) is 5.82 Å². The van der Waals surface area contributed by atoms with Crippen molar-refractivity contribution in [1.29, 1.82) is 5.41 Å². The zero-order valence-electron chi connectivity index (χ0n) is 10.0. The van der Waals surface area contributed by atoms with Crippen molar-refractivity contribution in [3.05, 3.63) is 17.7 Å². The summed E-state index contributed by atoms with van der Waals surface area (Å²) in [6, 6.07) is 0.223. The van der Waals surface area contributed by atoms with E-state index in [2.05, 4.69) is 34.3 Å². The fourth-order valence-electron chi connectivity index (χ4n) is 1.40. The summed E-state index contributed by atoms with van der Waals surface area (Å²) in [5, 5.41) is 17.6. The van der Waals surface area contributed by atoms with Gasteiger partial charge in [0.2, 0.25) is 0 Å². The van der Waals surface area contributed by atoms with Crippen LogP contribution in [0.1, 0.15) is 44.9 Å². The Hall–Kier alpha value is -1.49. The van der Waals surface area contributed by atoms with Gasteiger partial charge in [-0.05, 0) is 32.0 Å². The lowest BCUT2D eigenvalue weighted by Crippen LogP contribution is -2.21. The van der Waals surface area contributed by atoms with Gasteiger partial charge < -0.3 is 10.7 Å². The van der Waals surface area contributed by atoms with Crippen molar-refractivity contribution < 1.29 is 0 Å². The highest BCUT2D eigenvalue weighted by atomic mass is 15.2. The second kappa shape index (κ2) is 6.17. The van der Waals surface area contributed by atoms with Gasteiger partial charge in [-0.25, -0.2) is 4.98 Å². The fraction of sp³-hybridized carbons (Fsp3) is 0.545. The van der Waals surface area contributed by atoms with Gasteiger partial charge in [-0.3, -0.25) is 5.10 Å². The summed E-state index contributed by atoms with van der Waals surface area (Å²) in [7, 11) is 0. The molecule has 1 heterocycles. The zero-order chi connectivity index (χ0) is 12.0. The van der Waals surface area contributed by atoms with Crippen LogP contribution in [0.15, 0.2) is 6.08 Å². The van der Waals surface area contributed by atoms with Crippen LogP contribution in [0.2, 0.25) is 0 Å². The zero-order valence-corrected chi connectivity index (χ0v) is 10.0. The molecule has 1 aromatic heterocycles. The summed E-state index contributed by atoms with van der Waals surface area (Å²) in [5.74, 6) is 1.48. The highest BCUT2D eigenvalue weighted by Gasteiger charge is 2.11. The molecule has 1 rings (SSSR count). The lowest BCUT2D eigenvalue weighted by atomic mass is 10.2. The van der Waals surface area contributed by atoms with E-state index in [0.717, 1.165) is 18.8 Å². The molecular formula is C11H19N5. The van der Waals surface area contributed by atoms with Crippen molar-refractivity contribution in [3.8, 4) is 0 Å². The maximum Gasteiger partial charge on any atom is 0.174 e. The first kappa shape index (κ1) is 12.6. The van der Waals surface area contributed by atoms with Crippen LogP contribution >= 0.6 is 0 Å². The van der Waals surface area contributed by atoms with Gasteiger partial charge in [0.15, 0.2) is 5.82 Å². The van der Waals surface area contributed by atoms with Gasteiger partial charge in [0.05, 0.1) is 6.04 Å². The van der Waals surface area contributed by atoms with Crippen LogP contribution in [0.4, 0.5) is 0 Å². The van der Waals surface area contributed by atoms with E-state index in [1.165, 1.54) is 0 Å². The minimum atomic E-state index is 0.223. The van der Waals surface area contributed by atoms with E-state index < -0.39 is 0 Å². The average Bonchev–Trinajstić information content (AvgIpc) is 2.71. The molecule has 0 saturated carbocycles. The summed E-state index contributed by atoms with van der Waals surface area (Å²) in [5.41, 5.74) is 0.491. The van der Waals surface area contributed by atoms with Gasteiger partial charge in [-0.1, -0.05) is 13.8 Å². The van der Waals surface area contributed by atoms with E-state index >= 15 is 0 Å². The molecule has 5 heteroatoms. The molecule has 0 fully saturated rings. The van der Waals surface area contributed by atoms with Gasteiger partial charge in [-0.15, -0.1) is 0 Å². The number of allylic oxidation sites excluding steroid dienone is 1. The van der Waals surface area contributed by atoms with Crippen molar-refractivity contribution in [3.63, 3.8) is 0 Å². The van der Waals surface area contributed by atoms with Gasteiger partial charge in [-0.2, -0.15) is 5.10 Å². The number of H-pyrrole nitrogens is 1. The topological polar surface area (TPSA) is 77.5 Å². The Balaban J connectivity index is 2.73. The molecule has 88 valence electrons. The summed E-state index contributed by atoms with van der Waals surface area (Å²) in [6.45, 7) is 6.80. The maximum atomic E-state index is 7.27. The number of hydrogen-bond acceptors (Lipinski definition) is 4. The van der Waals surface area contributed by atoms with E-state index in [4.69, 9.17) is 5.41 Å². The van der Waals surface area contributed by atoms with Crippen molar-refractivity contribution in [2.45, 2.75) is 33.2 Å². The van der Waals surface area contributed by atoms with Crippen LogP contribution in [-0.2, 0) is 0 Å². The highest BCUT2D eigenvalue weighted by Crippen LogP contribution is 2.11. The molecule has 0 spiro atoms. The lowest BCUT2D eigenvalue weighted by molar-refractivity contribution is 0.512. The summed E-state index contributed by atoms with van der Waals surface area (Å²) in [4.78, 5) is 4.36. The number of nitrogens with zero attached hydrogens (tertiary/aromatic N) is 2. The first-order chi connectivity index (χ1) is 7.67. The molecule has 0 bridgehead atoms. The Kier molecular flexibility index (Phi) is 4.85. The molecular weight excluding hydrogens is 202 g/mol. The maximum absolute atomic E-state index is 7.27. The third-order valence-corrected chi connectivity index (χ3v) is 2.19. The van der Waals surface area contributed by atoms with E-state index in [1.807, 2.05) is 0 Å². The Labute approximate surface area is 95.9 Å². The minimum absolute atomic E-state index is 0.223. The van der Waals surface area contributed by atoms with Crippen LogP contribution in [0.3, 0.4) is 0 Å². The first-order valence-corrected chi connectivity index (χ1v) is 5.56. The van der Waals surface area contributed by atoms with Crippen LogP contribution in [0.5, 0.6) is 0 Å². The third-order valence-electron chi connectivity index (χ3n) is 2.19. The predicted octanol–water partition coefficient (Wildman–Crippen LogP) is 1.92. The normalized spacial score (nSPS) is 13.2. The monoisotopic (exact) mass is 221 g/mol. The van der Waals surface area contributed by atoms with Crippen LogP contribution in [0.25, 0.3) is 6.08 Å². The highest BCUT2D eigenvalue weighted by molar-refractivity contribution is 5.93. The number of aromatic amines is 1. The molecule has 0 aliphatic carbocycles. The molecule has 5 nitrogen and oxygen atoms in total. The molecule has 0 aliphatic rings. The molecule has 0 saturated heterocycles. The predicted molar refractivity (Wildman–Crippen MR) is 65.5 cm³/mol. The molecule has 1 atom stereocenters. The Morgan fingerprint density at radius 2 is 2.31 bits per heavy atom. The second-order valence-corrected chi connectivity index (χ2v) is 3.61. The standard InChI is InChI=1S/C11H19N5/c1-4-9(13-5-2)11-14-10(15-16-11)7-6-8(3)12/h6-7,9,12-13H,4-5H2,1-3H3,(H,14,15,16)/b7-6-,12-8?. The Bertz CT molecular complexity index is 366. The SMILES string of the molecule is CCNC(CC)c1nc(/C=C\C(C)=N)n[nH]1. The second-order valence-electron chi connectivity index (χ2n) is 3.61. The molecule has 16 heavy (non-hydrogen) atoms. The fourth-order valence-corrected chi connectivity index (χ4v) is 1.40. The van der Waals surface area contributed by atoms with Gasteiger partial charge in [0, 0.05) is 5.71 Å². The molecule has 0 amide bonds. The van der Waals surface area contributed by atoms with Crippen molar-refractivity contribution in [1.82, 2.24) is 20.5 Å². The number of hydrogen-bond donors (Lipinski definition) is 3. The number of aromatic nitrogens is 3. The van der Waals surface area contributed by atoms with Crippen molar-refractivity contribution in [2.24, 2.45) is 0 Å². The summed E-state index contributed by atoms with van der Waals surface area (Å²) in [6.07, 6.45) is 4.39. The van der Waals surface area contributed by atoms with E-state index in [9.17, 15) is 0 Å². The van der Waals surface area contributed by atoms with Gasteiger partial charge in [0.25, 0.3) is 0 Å². The van der Waals surface area contributed by atoms with Crippen molar-refractivity contribution in [2.75, 3.05) is 6.54 Å². The summed E-state index contributed by atoms with van der Waals surface area (Å²) >= 11 is 0. The van der Waals surface area contributed by atoms with E-state index in [0.29, 0.717) is 11.5 Å². The average molecular weight is 221 g/mol. The van der Waals surface area contributed by atoms with Crippen LogP contribution in [0, 0.1) is 5.41 Å². The van der Waals surface area contributed by atoms with Gasteiger partial charge >= 0.3 is 0 Å². The molecule has 1 aromatic rings. The smallest absolute Gasteiger partial charge is 0.174 e. The molecule has 1 unspecified atom stereocenters. The van der Waals surface area contributed by atoms with Crippen molar-refractivity contribution >= 4 is 11.8 Å². The van der Waals surface area contributed by atoms with Crippen LogP contribution in [-0.4, -0.2) is 27.4 Å². The molecule has 0 radical (unpaired) electrons. The Morgan fingerprint density at radius 3 is 2.88 bits per heavy atom. The third kappa shape index (κ3) is 3.58. The molecule has 3 N–H and O–H groups in total. The lowest BCUT2D eigenvalue weighted by Gasteiger charge is -2.11. The quantitative estimate of drug-likeness (QED) is 0.642. The van der Waals surface area contributed by atoms with E-state index in [-0.39, 0.29) is 6.04 Å². The molecule has 0 aromatic carbocycles. The number of rotatable bonds is 6. The largest absolute Gasteiger partial charge is 0.308 e.